The van der Waals surface area contributed by atoms with E-state index in [-0.39, 0.29) is 23.4 Å². The van der Waals surface area contributed by atoms with Crippen LogP contribution in [0.25, 0.3) is 33.4 Å². The monoisotopic (exact) mass is 443 g/mol. The zero-order chi connectivity index (χ0) is 22.5. The zero-order valence-corrected chi connectivity index (χ0v) is 18.1. The van der Waals surface area contributed by atoms with Gasteiger partial charge in [0.1, 0.15) is 0 Å². The minimum absolute atomic E-state index is 0.219. The first-order valence-electron chi connectivity index (χ1n) is 11.4. The Morgan fingerprint density at radius 2 is 1.76 bits per heavy atom. The number of rotatable bonds is 5. The maximum Gasteiger partial charge on any atom is 0.343 e. The second-order valence-corrected chi connectivity index (χ2v) is 9.12. The smallest absolute Gasteiger partial charge is 0.343 e. The second-order valence-electron chi connectivity index (χ2n) is 9.12. The van der Waals surface area contributed by atoms with Crippen LogP contribution in [0.1, 0.15) is 19.3 Å². The molecule has 9 nitrogen and oxygen atoms in total. The minimum atomic E-state index is -0.219. The van der Waals surface area contributed by atoms with Gasteiger partial charge in [-0.3, -0.25) is 14.5 Å². The molecule has 1 unspecified atom stereocenters. The van der Waals surface area contributed by atoms with Crippen molar-refractivity contribution >= 4 is 22.6 Å². The Morgan fingerprint density at radius 1 is 1.00 bits per heavy atom. The topological polar surface area (TPSA) is 126 Å². The molecule has 1 saturated heterocycles. The summed E-state index contributed by atoms with van der Waals surface area (Å²) in [4.78, 5) is 26.8. The molecule has 2 aromatic carbocycles. The van der Waals surface area contributed by atoms with E-state index in [0.717, 1.165) is 53.4 Å². The van der Waals surface area contributed by atoms with E-state index < -0.39 is 0 Å². The summed E-state index contributed by atoms with van der Waals surface area (Å²) in [6.45, 7) is 2.05. The molecule has 9 heteroatoms. The van der Waals surface area contributed by atoms with E-state index >= 15 is 0 Å². The molecule has 0 bridgehead atoms. The van der Waals surface area contributed by atoms with Crippen molar-refractivity contribution in [2.75, 3.05) is 18.8 Å². The van der Waals surface area contributed by atoms with Crippen molar-refractivity contribution in [3.8, 4) is 22.5 Å². The number of carbonyl (C=O) groups is 1. The molecular weight excluding hydrogens is 418 g/mol. The van der Waals surface area contributed by atoms with Crippen LogP contribution in [0.2, 0.25) is 0 Å². The highest BCUT2D eigenvalue weighted by molar-refractivity contribution is 5.91. The lowest BCUT2D eigenvalue weighted by molar-refractivity contribution is -0.131. The fourth-order valence-electron chi connectivity index (χ4n) is 4.77. The third-order valence-electron chi connectivity index (χ3n) is 6.79. The van der Waals surface area contributed by atoms with Gasteiger partial charge < -0.3 is 10.6 Å². The molecule has 1 amide bonds. The summed E-state index contributed by atoms with van der Waals surface area (Å²) in [6, 6.07) is 14.0. The van der Waals surface area contributed by atoms with Gasteiger partial charge in [-0.25, -0.2) is 9.89 Å². The van der Waals surface area contributed by atoms with E-state index in [2.05, 4.69) is 20.4 Å². The standard InChI is InChI=1S/C24H25N7O2/c25-21-19-8-7-18(11-20(19)26-27-21)15-1-3-16(4-2-15)22-28-29-24(33)31(22)13-14-9-10-30(12-14)23(32)17-5-6-17/h1-4,7-8,11,14,17H,5-6,9-10,12-13H2,(H,29,33)(H3,25,26,27). The molecule has 2 fully saturated rings. The van der Waals surface area contributed by atoms with Crippen molar-refractivity contribution in [2.45, 2.75) is 25.8 Å². The first-order valence-corrected chi connectivity index (χ1v) is 11.4. The van der Waals surface area contributed by atoms with Gasteiger partial charge in [-0.15, -0.1) is 0 Å². The Hall–Kier alpha value is -3.88. The summed E-state index contributed by atoms with van der Waals surface area (Å²) < 4.78 is 1.70. The number of benzene rings is 2. The summed E-state index contributed by atoms with van der Waals surface area (Å²) in [5.41, 5.74) is 9.49. The number of fused-ring (bicyclic) bond motifs is 1. The van der Waals surface area contributed by atoms with Crippen LogP contribution in [0.5, 0.6) is 0 Å². The van der Waals surface area contributed by atoms with Gasteiger partial charge in [0.05, 0.1) is 5.52 Å². The maximum absolute atomic E-state index is 12.5. The lowest BCUT2D eigenvalue weighted by Crippen LogP contribution is -2.31. The van der Waals surface area contributed by atoms with Crippen molar-refractivity contribution in [2.24, 2.45) is 11.8 Å². The SMILES string of the molecule is Nc1n[nH]c2cc(-c3ccc(-c4n[nH]c(=O)n4CC4CCN(C(=O)C5CC5)C4)cc3)ccc12. The Kier molecular flexibility index (Phi) is 4.56. The Morgan fingerprint density at radius 3 is 2.55 bits per heavy atom. The van der Waals surface area contributed by atoms with E-state index in [9.17, 15) is 9.59 Å². The number of nitrogen functional groups attached to an aromatic ring is 1. The van der Waals surface area contributed by atoms with E-state index in [4.69, 9.17) is 5.73 Å². The summed E-state index contributed by atoms with van der Waals surface area (Å²) in [5, 5.41) is 14.8. The summed E-state index contributed by atoms with van der Waals surface area (Å²) in [5.74, 6) is 1.89. The molecule has 1 atom stereocenters. The normalized spacial score (nSPS) is 18.3. The maximum atomic E-state index is 12.5. The summed E-state index contributed by atoms with van der Waals surface area (Å²) in [6.07, 6.45) is 2.95. The molecule has 6 rings (SSSR count). The van der Waals surface area contributed by atoms with Crippen molar-refractivity contribution in [3.63, 3.8) is 0 Å². The number of carbonyl (C=O) groups excluding carboxylic acids is 1. The molecule has 0 spiro atoms. The average Bonchev–Trinajstić information content (AvgIpc) is 3.32. The molecule has 1 aliphatic heterocycles. The van der Waals surface area contributed by atoms with Crippen LogP contribution < -0.4 is 11.4 Å². The number of H-pyrrole nitrogens is 2. The Bertz CT molecular complexity index is 1390. The van der Waals surface area contributed by atoms with Gasteiger partial charge >= 0.3 is 5.69 Å². The summed E-state index contributed by atoms with van der Waals surface area (Å²) in [7, 11) is 0. The van der Waals surface area contributed by atoms with Gasteiger partial charge in [-0.2, -0.15) is 10.2 Å². The van der Waals surface area contributed by atoms with Crippen LogP contribution in [0, 0.1) is 11.8 Å². The molecule has 33 heavy (non-hydrogen) atoms. The highest BCUT2D eigenvalue weighted by Crippen LogP contribution is 2.33. The number of nitrogens with one attached hydrogen (secondary N) is 2. The van der Waals surface area contributed by atoms with Crippen molar-refractivity contribution in [1.82, 2.24) is 29.9 Å². The van der Waals surface area contributed by atoms with Gasteiger partial charge in [0.15, 0.2) is 11.6 Å². The molecule has 4 aromatic rings. The molecule has 2 aromatic heterocycles. The van der Waals surface area contributed by atoms with Crippen LogP contribution in [-0.4, -0.2) is 48.9 Å². The molecule has 3 heterocycles. The number of anilines is 1. The first kappa shape index (κ1) is 19.8. The van der Waals surface area contributed by atoms with Gasteiger partial charge in [-0.1, -0.05) is 30.3 Å². The second kappa shape index (κ2) is 7.61. The third kappa shape index (κ3) is 3.59. The fourth-order valence-corrected chi connectivity index (χ4v) is 4.77. The number of hydrogen-bond acceptors (Lipinski definition) is 5. The van der Waals surface area contributed by atoms with Crippen LogP contribution in [-0.2, 0) is 11.3 Å². The van der Waals surface area contributed by atoms with Crippen LogP contribution in [0.3, 0.4) is 0 Å². The van der Waals surface area contributed by atoms with Crippen LogP contribution in [0.15, 0.2) is 47.3 Å². The van der Waals surface area contributed by atoms with Gasteiger partial charge in [0, 0.05) is 36.5 Å². The van der Waals surface area contributed by atoms with Crippen molar-refractivity contribution in [1.29, 1.82) is 0 Å². The number of aromatic amines is 2. The van der Waals surface area contributed by atoms with E-state index in [0.29, 0.717) is 24.7 Å². The first-order chi connectivity index (χ1) is 16.1. The minimum Gasteiger partial charge on any atom is -0.382 e. The quantitative estimate of drug-likeness (QED) is 0.437. The number of amides is 1. The zero-order valence-electron chi connectivity index (χ0n) is 18.1. The molecule has 168 valence electrons. The fraction of sp³-hybridized carbons (Fsp3) is 0.333. The Balaban J connectivity index is 1.22. The molecule has 4 N–H and O–H groups in total. The molecule has 1 aliphatic carbocycles. The number of hydrogen-bond donors (Lipinski definition) is 3. The van der Waals surface area contributed by atoms with E-state index in [1.165, 1.54) is 0 Å². The van der Waals surface area contributed by atoms with Gasteiger partial charge in [-0.05, 0) is 48.4 Å². The lowest BCUT2D eigenvalue weighted by atomic mass is 10.0. The number of likely N-dealkylation sites (tertiary alicyclic amines) is 1. The summed E-state index contributed by atoms with van der Waals surface area (Å²) >= 11 is 0. The average molecular weight is 444 g/mol. The highest BCUT2D eigenvalue weighted by Gasteiger charge is 2.36. The van der Waals surface area contributed by atoms with Gasteiger partial charge in [0.25, 0.3) is 0 Å². The largest absolute Gasteiger partial charge is 0.382 e. The highest BCUT2D eigenvalue weighted by atomic mass is 16.2. The number of aromatic nitrogens is 5. The van der Waals surface area contributed by atoms with Crippen molar-refractivity contribution < 1.29 is 4.79 Å². The predicted octanol–water partition coefficient (Wildman–Crippen LogP) is 2.62. The molecule has 2 aliphatic rings. The molecule has 1 saturated carbocycles. The van der Waals surface area contributed by atoms with Crippen molar-refractivity contribution in [3.05, 3.63) is 52.9 Å². The predicted molar refractivity (Wildman–Crippen MR) is 125 cm³/mol. The Labute approximate surface area is 189 Å². The van der Waals surface area contributed by atoms with Gasteiger partial charge in [0.2, 0.25) is 5.91 Å². The number of nitrogens with zero attached hydrogens (tertiary/aromatic N) is 4. The van der Waals surface area contributed by atoms with E-state index in [1.807, 2.05) is 47.4 Å². The lowest BCUT2D eigenvalue weighted by Gasteiger charge is -2.16. The van der Waals surface area contributed by atoms with Crippen LogP contribution >= 0.6 is 0 Å². The third-order valence-corrected chi connectivity index (χ3v) is 6.79. The molecular formula is C24H25N7O2. The number of nitrogens with two attached hydrogens (primary N) is 1. The molecule has 0 radical (unpaired) electrons. The van der Waals surface area contributed by atoms with Crippen LogP contribution in [0.4, 0.5) is 5.82 Å². The van der Waals surface area contributed by atoms with E-state index in [1.54, 1.807) is 4.57 Å².